The molecule has 25 heavy (non-hydrogen) atoms. The van der Waals surface area contributed by atoms with Gasteiger partial charge in [0.1, 0.15) is 5.60 Å². The van der Waals surface area contributed by atoms with Crippen molar-refractivity contribution in [3.05, 3.63) is 69.2 Å². The third kappa shape index (κ3) is 3.90. The van der Waals surface area contributed by atoms with Gasteiger partial charge in [-0.15, -0.1) is 0 Å². The van der Waals surface area contributed by atoms with E-state index in [4.69, 9.17) is 4.74 Å². The Morgan fingerprint density at radius 1 is 1.16 bits per heavy atom. The quantitative estimate of drug-likeness (QED) is 0.618. The van der Waals surface area contributed by atoms with Crippen molar-refractivity contribution in [2.45, 2.75) is 45.8 Å². The highest BCUT2D eigenvalue weighted by atomic mass is 79.9. The Hall–Kier alpha value is -1.81. The van der Waals surface area contributed by atoms with Crippen LogP contribution in [0.4, 0.5) is 4.79 Å². The molecule has 0 radical (unpaired) electrons. The zero-order valence-electron chi connectivity index (χ0n) is 15.2. The van der Waals surface area contributed by atoms with E-state index >= 15 is 0 Å². The number of carbonyl (C=O) groups is 1. The number of amides is 1. The smallest absolute Gasteiger partial charge is 0.411 e. The fourth-order valence-electron chi connectivity index (χ4n) is 3.33. The van der Waals surface area contributed by atoms with Crippen molar-refractivity contribution < 1.29 is 9.53 Å². The molecule has 0 aliphatic carbocycles. The Balaban J connectivity index is 2.10. The first kappa shape index (κ1) is 18.0. The highest BCUT2D eigenvalue weighted by Gasteiger charge is 2.35. The van der Waals surface area contributed by atoms with Crippen LogP contribution in [0.1, 0.15) is 49.1 Å². The van der Waals surface area contributed by atoms with E-state index in [1.807, 2.05) is 37.8 Å². The molecular formula is C21H24BrNO2. The molecule has 0 bridgehead atoms. The van der Waals surface area contributed by atoms with Crippen LogP contribution in [0.15, 0.2) is 46.9 Å². The van der Waals surface area contributed by atoms with Gasteiger partial charge in [0.25, 0.3) is 0 Å². The molecule has 0 saturated carbocycles. The number of hydrogen-bond donors (Lipinski definition) is 0. The molecule has 3 rings (SSSR count). The lowest BCUT2D eigenvalue weighted by Gasteiger charge is -2.39. The summed E-state index contributed by atoms with van der Waals surface area (Å²) in [6.07, 6.45) is 0.580. The molecule has 1 amide bonds. The van der Waals surface area contributed by atoms with E-state index in [0.29, 0.717) is 6.54 Å². The number of nitrogens with zero attached hydrogens (tertiary/aromatic N) is 1. The molecular weight excluding hydrogens is 378 g/mol. The van der Waals surface area contributed by atoms with Crippen LogP contribution in [-0.2, 0) is 11.2 Å². The van der Waals surface area contributed by atoms with Gasteiger partial charge in [-0.2, -0.15) is 0 Å². The van der Waals surface area contributed by atoms with Gasteiger partial charge in [0, 0.05) is 11.0 Å². The standard InChI is InChI=1S/C21H24BrNO2/c1-14-7-5-6-8-17(14)19-18-13-16(22)10-9-15(18)11-12-23(19)20(24)25-21(2,3)4/h5-10,13,19H,11-12H2,1-4H3. The fraction of sp³-hybridized carbons (Fsp3) is 0.381. The molecule has 1 aliphatic heterocycles. The number of carbonyl (C=O) groups excluding carboxylic acids is 1. The van der Waals surface area contributed by atoms with Gasteiger partial charge < -0.3 is 4.74 Å². The van der Waals surface area contributed by atoms with Crippen LogP contribution in [0.2, 0.25) is 0 Å². The first-order chi connectivity index (χ1) is 11.8. The van der Waals surface area contributed by atoms with Gasteiger partial charge in [0.05, 0.1) is 6.04 Å². The summed E-state index contributed by atoms with van der Waals surface area (Å²) < 4.78 is 6.71. The summed E-state index contributed by atoms with van der Waals surface area (Å²) in [4.78, 5) is 14.8. The molecule has 0 spiro atoms. The van der Waals surface area contributed by atoms with E-state index in [-0.39, 0.29) is 12.1 Å². The average molecular weight is 402 g/mol. The predicted octanol–water partition coefficient (Wildman–Crippen LogP) is 5.64. The van der Waals surface area contributed by atoms with Crippen LogP contribution in [0.25, 0.3) is 0 Å². The lowest BCUT2D eigenvalue weighted by atomic mass is 9.86. The molecule has 0 fully saturated rings. The maximum atomic E-state index is 12.9. The van der Waals surface area contributed by atoms with E-state index in [0.717, 1.165) is 16.5 Å². The van der Waals surface area contributed by atoms with Crippen LogP contribution in [0, 0.1) is 6.92 Å². The van der Waals surface area contributed by atoms with Gasteiger partial charge >= 0.3 is 6.09 Å². The molecule has 132 valence electrons. The molecule has 1 aliphatic rings. The van der Waals surface area contributed by atoms with Gasteiger partial charge in [-0.05, 0) is 68.5 Å². The number of aryl methyl sites for hydroxylation is 1. The second-order valence-electron chi connectivity index (χ2n) is 7.53. The summed E-state index contributed by atoms with van der Waals surface area (Å²) in [5.74, 6) is 0. The summed E-state index contributed by atoms with van der Waals surface area (Å²) in [7, 11) is 0. The maximum absolute atomic E-state index is 12.9. The predicted molar refractivity (Wildman–Crippen MR) is 104 cm³/mol. The zero-order valence-corrected chi connectivity index (χ0v) is 16.8. The molecule has 0 aromatic heterocycles. The number of halogens is 1. The highest BCUT2D eigenvalue weighted by molar-refractivity contribution is 9.10. The van der Waals surface area contributed by atoms with Crippen molar-refractivity contribution >= 4 is 22.0 Å². The molecule has 1 heterocycles. The Bertz CT molecular complexity index is 795. The highest BCUT2D eigenvalue weighted by Crippen LogP contribution is 2.38. The average Bonchev–Trinajstić information content (AvgIpc) is 2.53. The van der Waals surface area contributed by atoms with E-state index < -0.39 is 5.60 Å². The second kappa shape index (κ2) is 6.83. The monoisotopic (exact) mass is 401 g/mol. The van der Waals surface area contributed by atoms with Crippen molar-refractivity contribution in [2.24, 2.45) is 0 Å². The minimum absolute atomic E-state index is 0.128. The number of fused-ring (bicyclic) bond motifs is 1. The summed E-state index contributed by atoms with van der Waals surface area (Å²) in [5, 5.41) is 0. The van der Waals surface area contributed by atoms with Crippen LogP contribution >= 0.6 is 15.9 Å². The summed E-state index contributed by atoms with van der Waals surface area (Å²) >= 11 is 3.58. The van der Waals surface area contributed by atoms with E-state index in [1.54, 1.807) is 0 Å². The van der Waals surface area contributed by atoms with Gasteiger partial charge in [0.2, 0.25) is 0 Å². The largest absolute Gasteiger partial charge is 0.444 e. The van der Waals surface area contributed by atoms with Gasteiger partial charge in [-0.3, -0.25) is 4.90 Å². The molecule has 1 atom stereocenters. The van der Waals surface area contributed by atoms with Gasteiger partial charge in [0.15, 0.2) is 0 Å². The van der Waals surface area contributed by atoms with E-state index in [1.165, 1.54) is 16.7 Å². The zero-order chi connectivity index (χ0) is 18.2. The molecule has 3 nitrogen and oxygen atoms in total. The summed E-state index contributed by atoms with van der Waals surface area (Å²) in [6.45, 7) is 8.46. The second-order valence-corrected chi connectivity index (χ2v) is 8.44. The van der Waals surface area contributed by atoms with Crippen molar-refractivity contribution in [1.82, 2.24) is 4.90 Å². The third-order valence-electron chi connectivity index (χ3n) is 4.45. The normalized spacial score (nSPS) is 17.2. The summed E-state index contributed by atoms with van der Waals surface area (Å²) in [6, 6.07) is 14.5. The topological polar surface area (TPSA) is 29.5 Å². The summed E-state index contributed by atoms with van der Waals surface area (Å²) in [5.41, 5.74) is 4.27. The Kier molecular flexibility index (Phi) is 4.92. The Morgan fingerprint density at radius 3 is 2.56 bits per heavy atom. The molecule has 4 heteroatoms. The molecule has 0 saturated heterocycles. The maximum Gasteiger partial charge on any atom is 0.411 e. The molecule has 2 aromatic carbocycles. The third-order valence-corrected chi connectivity index (χ3v) is 4.94. The lowest BCUT2D eigenvalue weighted by Crippen LogP contribution is -2.43. The number of ether oxygens (including phenoxy) is 1. The van der Waals surface area contributed by atoms with Crippen molar-refractivity contribution in [3.8, 4) is 0 Å². The van der Waals surface area contributed by atoms with Crippen molar-refractivity contribution in [1.29, 1.82) is 0 Å². The SMILES string of the molecule is Cc1ccccc1C1c2cc(Br)ccc2CCN1C(=O)OC(C)(C)C. The van der Waals surface area contributed by atoms with Crippen LogP contribution in [-0.4, -0.2) is 23.1 Å². The van der Waals surface area contributed by atoms with Gasteiger partial charge in [-0.25, -0.2) is 4.79 Å². The van der Waals surface area contributed by atoms with Crippen molar-refractivity contribution in [2.75, 3.05) is 6.54 Å². The first-order valence-corrected chi connectivity index (χ1v) is 9.39. The Morgan fingerprint density at radius 2 is 1.88 bits per heavy atom. The van der Waals surface area contributed by atoms with Crippen LogP contribution in [0.5, 0.6) is 0 Å². The molecule has 2 aromatic rings. The number of rotatable bonds is 1. The van der Waals surface area contributed by atoms with Crippen LogP contribution in [0.3, 0.4) is 0 Å². The molecule has 1 unspecified atom stereocenters. The molecule has 0 N–H and O–H groups in total. The fourth-order valence-corrected chi connectivity index (χ4v) is 3.71. The van der Waals surface area contributed by atoms with Gasteiger partial charge in [-0.1, -0.05) is 46.3 Å². The number of benzene rings is 2. The minimum Gasteiger partial charge on any atom is -0.444 e. The van der Waals surface area contributed by atoms with Crippen molar-refractivity contribution in [3.63, 3.8) is 0 Å². The van der Waals surface area contributed by atoms with Crippen LogP contribution < -0.4 is 0 Å². The Labute approximate surface area is 158 Å². The number of hydrogen-bond acceptors (Lipinski definition) is 2. The lowest BCUT2D eigenvalue weighted by molar-refractivity contribution is 0.0178. The minimum atomic E-state index is -0.509. The van der Waals surface area contributed by atoms with E-state index in [9.17, 15) is 4.79 Å². The first-order valence-electron chi connectivity index (χ1n) is 8.60. The van der Waals surface area contributed by atoms with E-state index in [2.05, 4.69) is 53.2 Å².